The minimum atomic E-state index is 0.467. The molecular formula is C15H14N6. The highest BCUT2D eigenvalue weighted by atomic mass is 15.6. The third-order valence-corrected chi connectivity index (χ3v) is 3.16. The van der Waals surface area contributed by atoms with Gasteiger partial charge in [-0.1, -0.05) is 35.7 Å². The number of anilines is 1. The van der Waals surface area contributed by atoms with Crippen LogP contribution in [0.25, 0.3) is 5.65 Å². The lowest BCUT2D eigenvalue weighted by molar-refractivity contribution is 0.715. The zero-order valence-electron chi connectivity index (χ0n) is 11.6. The summed E-state index contributed by atoms with van der Waals surface area (Å²) in [7, 11) is 0. The molecule has 0 aliphatic heterocycles. The van der Waals surface area contributed by atoms with E-state index in [1.807, 2.05) is 17.0 Å². The SMILES string of the molecule is C#CCN(Cc1ccc(C)cc1)c1ccc2nnnn2n1. The Morgan fingerprint density at radius 3 is 2.76 bits per heavy atom. The van der Waals surface area contributed by atoms with Gasteiger partial charge in [-0.15, -0.1) is 21.3 Å². The van der Waals surface area contributed by atoms with Crippen LogP contribution in [0.5, 0.6) is 0 Å². The summed E-state index contributed by atoms with van der Waals surface area (Å²) in [5.41, 5.74) is 3.01. The van der Waals surface area contributed by atoms with Crippen molar-refractivity contribution in [3.05, 3.63) is 47.5 Å². The van der Waals surface area contributed by atoms with Crippen molar-refractivity contribution >= 4 is 11.5 Å². The van der Waals surface area contributed by atoms with Crippen molar-refractivity contribution in [3.63, 3.8) is 0 Å². The number of fused-ring (bicyclic) bond motifs is 1. The van der Waals surface area contributed by atoms with Gasteiger partial charge >= 0.3 is 0 Å². The van der Waals surface area contributed by atoms with Crippen molar-refractivity contribution in [3.8, 4) is 12.3 Å². The monoisotopic (exact) mass is 278 g/mol. The number of rotatable bonds is 4. The quantitative estimate of drug-likeness (QED) is 0.676. The highest BCUT2D eigenvalue weighted by Crippen LogP contribution is 2.14. The second-order valence-corrected chi connectivity index (χ2v) is 4.76. The van der Waals surface area contributed by atoms with Crippen LogP contribution in [0.15, 0.2) is 36.4 Å². The summed E-state index contributed by atoms with van der Waals surface area (Å²) in [6.45, 7) is 3.22. The zero-order chi connectivity index (χ0) is 14.7. The van der Waals surface area contributed by atoms with E-state index in [0.29, 0.717) is 18.7 Å². The number of terminal acetylenes is 1. The topological polar surface area (TPSA) is 59.2 Å². The fourth-order valence-electron chi connectivity index (χ4n) is 2.05. The lowest BCUT2D eigenvalue weighted by Gasteiger charge is -2.21. The van der Waals surface area contributed by atoms with Gasteiger partial charge in [0.15, 0.2) is 11.5 Å². The van der Waals surface area contributed by atoms with Crippen LogP contribution < -0.4 is 4.90 Å². The molecule has 0 unspecified atom stereocenters. The summed E-state index contributed by atoms with van der Waals surface area (Å²) in [6, 6.07) is 12.0. The van der Waals surface area contributed by atoms with E-state index in [9.17, 15) is 0 Å². The first-order valence-electron chi connectivity index (χ1n) is 6.55. The third-order valence-electron chi connectivity index (χ3n) is 3.16. The van der Waals surface area contributed by atoms with Crippen molar-refractivity contribution < 1.29 is 0 Å². The highest BCUT2D eigenvalue weighted by molar-refractivity contribution is 5.45. The minimum Gasteiger partial charge on any atom is -0.340 e. The van der Waals surface area contributed by atoms with Crippen molar-refractivity contribution in [1.82, 2.24) is 25.3 Å². The van der Waals surface area contributed by atoms with Gasteiger partial charge in [0.1, 0.15) is 0 Å². The molecule has 3 aromatic rings. The molecule has 6 heteroatoms. The van der Waals surface area contributed by atoms with Crippen LogP contribution in [-0.4, -0.2) is 31.8 Å². The number of hydrogen-bond donors (Lipinski definition) is 0. The molecule has 0 radical (unpaired) electrons. The molecule has 0 saturated heterocycles. The van der Waals surface area contributed by atoms with E-state index < -0.39 is 0 Å². The second kappa shape index (κ2) is 5.59. The normalized spacial score (nSPS) is 10.5. The number of nitrogens with zero attached hydrogens (tertiary/aromatic N) is 6. The predicted octanol–water partition coefficient (Wildman–Crippen LogP) is 1.47. The van der Waals surface area contributed by atoms with Crippen LogP contribution in [-0.2, 0) is 6.54 Å². The predicted molar refractivity (Wildman–Crippen MR) is 79.6 cm³/mol. The molecule has 0 aliphatic carbocycles. The third kappa shape index (κ3) is 2.82. The van der Waals surface area contributed by atoms with Crippen molar-refractivity contribution in [1.29, 1.82) is 0 Å². The summed E-state index contributed by atoms with van der Waals surface area (Å²) in [6.07, 6.45) is 5.47. The lowest BCUT2D eigenvalue weighted by Crippen LogP contribution is -2.24. The number of aryl methyl sites for hydroxylation is 1. The fourth-order valence-corrected chi connectivity index (χ4v) is 2.05. The van der Waals surface area contributed by atoms with Crippen molar-refractivity contribution in [2.24, 2.45) is 0 Å². The molecule has 2 aromatic heterocycles. The van der Waals surface area contributed by atoms with Crippen molar-refractivity contribution in [2.45, 2.75) is 13.5 Å². The Labute approximate surface area is 122 Å². The molecular weight excluding hydrogens is 264 g/mol. The van der Waals surface area contributed by atoms with E-state index in [-0.39, 0.29) is 0 Å². The first-order valence-corrected chi connectivity index (χ1v) is 6.55. The summed E-state index contributed by atoms with van der Waals surface area (Å²) in [5, 5.41) is 15.6. The first kappa shape index (κ1) is 13.1. The number of hydrogen-bond acceptors (Lipinski definition) is 5. The second-order valence-electron chi connectivity index (χ2n) is 4.76. The van der Waals surface area contributed by atoms with Gasteiger partial charge in [-0.25, -0.2) is 0 Å². The molecule has 21 heavy (non-hydrogen) atoms. The van der Waals surface area contributed by atoms with Crippen LogP contribution in [0, 0.1) is 19.3 Å². The maximum atomic E-state index is 5.47. The summed E-state index contributed by atoms with van der Waals surface area (Å²) in [5.74, 6) is 3.41. The average Bonchev–Trinajstić information content (AvgIpc) is 2.96. The average molecular weight is 278 g/mol. The largest absolute Gasteiger partial charge is 0.340 e. The van der Waals surface area contributed by atoms with E-state index in [0.717, 1.165) is 5.82 Å². The maximum Gasteiger partial charge on any atom is 0.200 e. The molecule has 0 N–H and O–H groups in total. The molecule has 0 fully saturated rings. The molecule has 0 saturated carbocycles. The molecule has 0 spiro atoms. The Kier molecular flexibility index (Phi) is 3.48. The molecule has 0 amide bonds. The van der Waals surface area contributed by atoms with Gasteiger partial charge in [0.2, 0.25) is 0 Å². The van der Waals surface area contributed by atoms with E-state index in [2.05, 4.69) is 57.7 Å². The van der Waals surface area contributed by atoms with Gasteiger partial charge in [0, 0.05) is 6.54 Å². The summed E-state index contributed by atoms with van der Waals surface area (Å²) in [4.78, 5) is 2.01. The Balaban J connectivity index is 1.89. The Bertz CT molecular complexity index is 784. The van der Waals surface area contributed by atoms with Gasteiger partial charge in [-0.3, -0.25) is 0 Å². The van der Waals surface area contributed by atoms with Crippen LogP contribution in [0.1, 0.15) is 11.1 Å². The summed E-state index contributed by atoms with van der Waals surface area (Å²) >= 11 is 0. The van der Waals surface area contributed by atoms with Crippen molar-refractivity contribution in [2.75, 3.05) is 11.4 Å². The molecule has 2 heterocycles. The van der Waals surface area contributed by atoms with Gasteiger partial charge < -0.3 is 4.90 Å². The minimum absolute atomic E-state index is 0.467. The maximum absolute atomic E-state index is 5.47. The standard InChI is InChI=1S/C15H14N6/c1-3-10-20(11-13-6-4-12(2)5-7-13)15-9-8-14-16-18-19-21(14)17-15/h1,4-9H,10-11H2,2H3. The highest BCUT2D eigenvalue weighted by Gasteiger charge is 2.10. The van der Waals surface area contributed by atoms with Gasteiger partial charge in [0.05, 0.1) is 6.54 Å². The molecule has 0 aliphatic rings. The zero-order valence-corrected chi connectivity index (χ0v) is 11.6. The molecule has 3 rings (SSSR count). The Hall–Kier alpha value is -2.94. The molecule has 0 bridgehead atoms. The first-order chi connectivity index (χ1) is 10.3. The molecule has 1 aromatic carbocycles. The molecule has 0 atom stereocenters. The lowest BCUT2D eigenvalue weighted by atomic mass is 10.1. The van der Waals surface area contributed by atoms with Crippen LogP contribution in [0.3, 0.4) is 0 Å². The van der Waals surface area contributed by atoms with E-state index in [4.69, 9.17) is 6.42 Å². The van der Waals surface area contributed by atoms with E-state index in [1.165, 1.54) is 15.8 Å². The summed E-state index contributed by atoms with van der Waals surface area (Å²) < 4.78 is 1.40. The van der Waals surface area contributed by atoms with E-state index >= 15 is 0 Å². The van der Waals surface area contributed by atoms with Gasteiger partial charge in [-0.05, 0) is 35.0 Å². The van der Waals surface area contributed by atoms with Gasteiger partial charge in [0.25, 0.3) is 0 Å². The number of tetrazole rings is 1. The van der Waals surface area contributed by atoms with Gasteiger partial charge in [-0.2, -0.15) is 0 Å². The van der Waals surface area contributed by atoms with Crippen LogP contribution in [0.2, 0.25) is 0 Å². The Morgan fingerprint density at radius 1 is 1.19 bits per heavy atom. The molecule has 104 valence electrons. The fraction of sp³-hybridized carbons (Fsp3) is 0.200. The number of benzene rings is 1. The van der Waals surface area contributed by atoms with Crippen LogP contribution in [0.4, 0.5) is 5.82 Å². The number of aromatic nitrogens is 5. The smallest absolute Gasteiger partial charge is 0.200 e. The van der Waals surface area contributed by atoms with E-state index in [1.54, 1.807) is 0 Å². The Morgan fingerprint density at radius 2 is 2.00 bits per heavy atom. The van der Waals surface area contributed by atoms with Crippen LogP contribution >= 0.6 is 0 Å². The molecule has 6 nitrogen and oxygen atoms in total.